The van der Waals surface area contributed by atoms with Crippen molar-refractivity contribution in [1.29, 1.82) is 0 Å². The molecule has 0 aromatic heterocycles. The van der Waals surface area contributed by atoms with E-state index in [0.717, 1.165) is 0 Å². The number of nitrogens with one attached hydrogen (secondary N) is 1. The van der Waals surface area contributed by atoms with Crippen molar-refractivity contribution < 1.29 is 13.6 Å². The average molecular weight is 200 g/mol. The Kier molecular flexibility index (Phi) is 2.99. The molecule has 0 bridgehead atoms. The van der Waals surface area contributed by atoms with Crippen molar-refractivity contribution >= 4 is 22.8 Å². The van der Waals surface area contributed by atoms with Gasteiger partial charge in [0.15, 0.2) is 11.1 Å². The third-order valence-electron chi connectivity index (χ3n) is 1.32. The molecule has 2 amide bonds. The molecule has 0 aliphatic rings. The van der Waals surface area contributed by atoms with Crippen molar-refractivity contribution in [2.75, 3.05) is 5.32 Å². The fourth-order valence-electron chi connectivity index (χ4n) is 0.797. The molecule has 1 rings (SSSR count). The number of nitrogens with two attached hydrogens (primary N) is 1. The first-order valence-corrected chi connectivity index (χ1v) is 4.47. The summed E-state index contributed by atoms with van der Waals surface area (Å²) in [6.45, 7) is 0. The molecule has 0 aliphatic carbocycles. The molecule has 1 aromatic rings. The van der Waals surface area contributed by atoms with Crippen LogP contribution in [0.1, 0.15) is 0 Å². The number of benzene rings is 1. The number of hydrogen-bond donors (Lipinski definition) is 3. The highest BCUT2D eigenvalue weighted by atomic mass is 32.2. The molecule has 0 fully saturated rings. The summed E-state index contributed by atoms with van der Waals surface area (Å²) >= 11 is -1.99. The molecule has 0 saturated carbocycles. The molecule has 70 valence electrons. The molecule has 0 aliphatic heterocycles. The minimum absolute atomic E-state index is 0.273. The third kappa shape index (κ3) is 2.85. The zero-order valence-electron chi connectivity index (χ0n) is 6.56. The number of urea groups is 1. The Morgan fingerprint density at radius 1 is 1.38 bits per heavy atom. The van der Waals surface area contributed by atoms with Crippen molar-refractivity contribution in [3.63, 3.8) is 0 Å². The maximum Gasteiger partial charge on any atom is 0.316 e. The normalized spacial score (nSPS) is 12.1. The zero-order chi connectivity index (χ0) is 9.84. The lowest BCUT2D eigenvalue weighted by Crippen LogP contribution is -2.19. The highest BCUT2D eigenvalue weighted by Crippen LogP contribution is 2.10. The van der Waals surface area contributed by atoms with E-state index in [9.17, 15) is 9.00 Å². The fraction of sp³-hybridized carbons (Fsp3) is 0. The van der Waals surface area contributed by atoms with Crippen LogP contribution in [0.5, 0.6) is 0 Å². The second kappa shape index (κ2) is 4.01. The first kappa shape index (κ1) is 9.69. The van der Waals surface area contributed by atoms with Crippen LogP contribution in [0.15, 0.2) is 29.2 Å². The second-order valence-corrected chi connectivity index (χ2v) is 3.23. The quantitative estimate of drug-likeness (QED) is 0.615. The van der Waals surface area contributed by atoms with Crippen LogP contribution in [0, 0.1) is 0 Å². The van der Waals surface area contributed by atoms with Gasteiger partial charge in [-0.3, -0.25) is 0 Å². The standard InChI is InChI=1S/C7H8N2O3S/c8-7(10)9-5-1-3-6(4-2-5)13(11)12/h1-4H,(H,11,12)(H3,8,9,10). The van der Waals surface area contributed by atoms with Crippen LogP contribution in [0.3, 0.4) is 0 Å². The number of carbonyl (C=O) groups excluding carboxylic acids is 1. The summed E-state index contributed by atoms with van der Waals surface area (Å²) in [4.78, 5) is 10.7. The van der Waals surface area contributed by atoms with Crippen LogP contribution in [-0.2, 0) is 11.1 Å². The third-order valence-corrected chi connectivity index (χ3v) is 2.00. The monoisotopic (exact) mass is 200 g/mol. The molecule has 1 unspecified atom stereocenters. The van der Waals surface area contributed by atoms with Crippen molar-refractivity contribution in [3.05, 3.63) is 24.3 Å². The van der Waals surface area contributed by atoms with Gasteiger partial charge in [-0.2, -0.15) is 0 Å². The molecule has 0 heterocycles. The van der Waals surface area contributed by atoms with Gasteiger partial charge in [-0.05, 0) is 24.3 Å². The maximum absolute atomic E-state index is 10.5. The van der Waals surface area contributed by atoms with E-state index in [1.807, 2.05) is 0 Å². The van der Waals surface area contributed by atoms with Gasteiger partial charge in [0.25, 0.3) is 0 Å². The Balaban J connectivity index is 2.81. The van der Waals surface area contributed by atoms with Gasteiger partial charge in [-0.15, -0.1) is 0 Å². The van der Waals surface area contributed by atoms with E-state index in [0.29, 0.717) is 5.69 Å². The second-order valence-electron chi connectivity index (χ2n) is 2.26. The summed E-state index contributed by atoms with van der Waals surface area (Å²) in [5.41, 5.74) is 5.35. The Labute approximate surface area is 77.2 Å². The summed E-state index contributed by atoms with van der Waals surface area (Å²) in [7, 11) is 0. The number of carbonyl (C=O) groups is 1. The van der Waals surface area contributed by atoms with E-state index in [1.54, 1.807) is 0 Å². The van der Waals surface area contributed by atoms with Crippen molar-refractivity contribution in [1.82, 2.24) is 0 Å². The summed E-state index contributed by atoms with van der Waals surface area (Å²) in [5.74, 6) is 0. The molecule has 1 aromatic carbocycles. The van der Waals surface area contributed by atoms with E-state index in [-0.39, 0.29) is 4.90 Å². The van der Waals surface area contributed by atoms with Crippen molar-refractivity contribution in [2.24, 2.45) is 5.73 Å². The molecule has 0 radical (unpaired) electrons. The fourth-order valence-corrected chi connectivity index (χ4v) is 1.17. The summed E-state index contributed by atoms with van der Waals surface area (Å²) in [6, 6.07) is 5.18. The van der Waals surface area contributed by atoms with Gasteiger partial charge in [0.2, 0.25) is 0 Å². The minimum atomic E-state index is -1.99. The molecule has 5 nitrogen and oxygen atoms in total. The van der Waals surface area contributed by atoms with Gasteiger partial charge in [-0.25, -0.2) is 9.00 Å². The highest BCUT2D eigenvalue weighted by Gasteiger charge is 1.99. The molecule has 0 spiro atoms. The van der Waals surface area contributed by atoms with Gasteiger partial charge in [0.05, 0.1) is 4.90 Å². The maximum atomic E-state index is 10.5. The molecular formula is C7H8N2O3S. The predicted molar refractivity (Wildman–Crippen MR) is 48.7 cm³/mol. The van der Waals surface area contributed by atoms with Crippen LogP contribution < -0.4 is 11.1 Å². The van der Waals surface area contributed by atoms with Gasteiger partial charge in [0.1, 0.15) is 0 Å². The number of primary amides is 1. The largest absolute Gasteiger partial charge is 0.351 e. The van der Waals surface area contributed by atoms with Crippen LogP contribution in [0.2, 0.25) is 0 Å². The lowest BCUT2D eigenvalue weighted by Gasteiger charge is -2.01. The van der Waals surface area contributed by atoms with E-state index in [4.69, 9.17) is 10.3 Å². The zero-order valence-corrected chi connectivity index (χ0v) is 7.38. The molecular weight excluding hydrogens is 192 g/mol. The van der Waals surface area contributed by atoms with Gasteiger partial charge < -0.3 is 15.6 Å². The van der Waals surface area contributed by atoms with E-state index in [1.165, 1.54) is 24.3 Å². The molecule has 13 heavy (non-hydrogen) atoms. The van der Waals surface area contributed by atoms with E-state index < -0.39 is 17.1 Å². The van der Waals surface area contributed by atoms with Crippen LogP contribution >= 0.6 is 0 Å². The number of amides is 2. The SMILES string of the molecule is NC(=O)Nc1ccc(S(=O)O)cc1. The minimum Gasteiger partial charge on any atom is -0.351 e. The molecule has 0 saturated heterocycles. The number of anilines is 1. The van der Waals surface area contributed by atoms with Crippen molar-refractivity contribution in [3.8, 4) is 0 Å². The lowest BCUT2D eigenvalue weighted by molar-refractivity contribution is 0.259. The predicted octanol–water partition coefficient (Wildman–Crippen LogP) is 0.758. The summed E-state index contributed by atoms with van der Waals surface area (Å²) < 4.78 is 19.2. The smallest absolute Gasteiger partial charge is 0.316 e. The Hall–Kier alpha value is -1.40. The van der Waals surface area contributed by atoms with Gasteiger partial charge >= 0.3 is 6.03 Å². The molecule has 1 atom stereocenters. The van der Waals surface area contributed by atoms with Gasteiger partial charge in [-0.1, -0.05) is 0 Å². The topological polar surface area (TPSA) is 92.4 Å². The Morgan fingerprint density at radius 3 is 2.31 bits per heavy atom. The van der Waals surface area contributed by atoms with Crippen LogP contribution in [0.25, 0.3) is 0 Å². The molecule has 6 heteroatoms. The number of hydrogen-bond acceptors (Lipinski definition) is 2. The van der Waals surface area contributed by atoms with Crippen molar-refractivity contribution in [2.45, 2.75) is 4.90 Å². The van der Waals surface area contributed by atoms with Crippen LogP contribution in [-0.4, -0.2) is 14.8 Å². The average Bonchev–Trinajstić information content (AvgIpc) is 2.04. The Morgan fingerprint density at radius 2 is 1.92 bits per heavy atom. The van der Waals surface area contributed by atoms with Gasteiger partial charge in [0, 0.05) is 5.69 Å². The molecule has 4 N–H and O–H groups in total. The van der Waals surface area contributed by atoms with Crippen LogP contribution in [0.4, 0.5) is 10.5 Å². The first-order chi connectivity index (χ1) is 6.09. The van der Waals surface area contributed by atoms with E-state index in [2.05, 4.69) is 5.32 Å². The summed E-state index contributed by atoms with van der Waals surface area (Å²) in [6.07, 6.45) is 0. The number of rotatable bonds is 2. The lowest BCUT2D eigenvalue weighted by atomic mass is 10.3. The van der Waals surface area contributed by atoms with E-state index >= 15 is 0 Å². The first-order valence-electron chi connectivity index (χ1n) is 3.37. The Bertz CT molecular complexity index is 336. The summed E-state index contributed by atoms with van der Waals surface area (Å²) in [5, 5.41) is 2.33. The highest BCUT2D eigenvalue weighted by molar-refractivity contribution is 7.79.